The van der Waals surface area contributed by atoms with Gasteiger partial charge in [-0.1, -0.05) is 24.3 Å². The third-order valence-corrected chi connectivity index (χ3v) is 2.05. The van der Waals surface area contributed by atoms with Gasteiger partial charge in [0.2, 0.25) is 0 Å². The summed E-state index contributed by atoms with van der Waals surface area (Å²) in [6.45, 7) is 1.76. The zero-order valence-electron chi connectivity index (χ0n) is 6.91. The van der Waals surface area contributed by atoms with Crippen LogP contribution in [-0.2, 0) is 16.1 Å². The Morgan fingerprint density at radius 1 is 1.50 bits per heavy atom. The molecule has 0 N–H and O–H groups in total. The second kappa shape index (κ2) is 4.22. The lowest BCUT2D eigenvalue weighted by Crippen LogP contribution is -2.05. The Balaban J connectivity index is 2.63. The van der Waals surface area contributed by atoms with Gasteiger partial charge in [-0.3, -0.25) is 4.79 Å². The van der Waals surface area contributed by atoms with Gasteiger partial charge in [0.1, 0.15) is 6.61 Å². The van der Waals surface area contributed by atoms with E-state index in [1.54, 1.807) is 0 Å². The first kappa shape index (κ1) is 9.21. The first-order valence-electron chi connectivity index (χ1n) is 3.67. The molecule has 0 spiro atoms. The van der Waals surface area contributed by atoms with Gasteiger partial charge in [0.25, 0.3) is 0 Å². The van der Waals surface area contributed by atoms with Crippen molar-refractivity contribution < 1.29 is 9.53 Å². The quantitative estimate of drug-likeness (QED) is 0.508. The number of hydrogen-bond acceptors (Lipinski definition) is 2. The third kappa shape index (κ3) is 2.63. The fourth-order valence-electron chi connectivity index (χ4n) is 0.845. The van der Waals surface area contributed by atoms with Crippen LogP contribution in [0.15, 0.2) is 24.3 Å². The van der Waals surface area contributed by atoms with E-state index in [0.29, 0.717) is 6.61 Å². The largest absolute Gasteiger partial charge is 0.461 e. The zero-order valence-corrected chi connectivity index (χ0v) is 8.07. The molecular weight excluding hydrogens is 171 g/mol. The predicted molar refractivity (Wildman–Crippen MR) is 51.3 cm³/mol. The van der Waals surface area contributed by atoms with Crippen molar-refractivity contribution in [2.24, 2.45) is 0 Å². The van der Waals surface area contributed by atoms with E-state index in [1.165, 1.54) is 6.92 Å². The Morgan fingerprint density at radius 2 is 2.17 bits per heavy atom. The van der Waals surface area contributed by atoms with Crippen molar-refractivity contribution in [1.82, 2.24) is 0 Å². The SMILES string of the molecule is CC(=O)OCc1ccccc1P. The van der Waals surface area contributed by atoms with Crippen LogP contribution < -0.4 is 5.30 Å². The molecular formula is C9H11O2P. The second-order valence-corrected chi connectivity index (χ2v) is 3.10. The molecule has 3 heteroatoms. The van der Waals surface area contributed by atoms with Crippen molar-refractivity contribution in [3.05, 3.63) is 29.8 Å². The summed E-state index contributed by atoms with van der Waals surface area (Å²) in [7, 11) is 2.60. The van der Waals surface area contributed by atoms with Crippen molar-refractivity contribution in [2.45, 2.75) is 13.5 Å². The minimum absolute atomic E-state index is 0.247. The van der Waals surface area contributed by atoms with Crippen LogP contribution in [0.2, 0.25) is 0 Å². The van der Waals surface area contributed by atoms with Gasteiger partial charge in [0.05, 0.1) is 0 Å². The fourth-order valence-corrected chi connectivity index (χ4v) is 1.14. The van der Waals surface area contributed by atoms with Crippen LogP contribution in [0.25, 0.3) is 0 Å². The lowest BCUT2D eigenvalue weighted by atomic mass is 10.2. The number of rotatable bonds is 2. The number of esters is 1. The van der Waals surface area contributed by atoms with Gasteiger partial charge in [-0.15, -0.1) is 9.24 Å². The third-order valence-electron chi connectivity index (χ3n) is 1.49. The normalized spacial score (nSPS) is 9.50. The molecule has 1 aromatic carbocycles. The maximum atomic E-state index is 10.5. The molecule has 0 aromatic heterocycles. The number of carbonyl (C=O) groups excluding carboxylic acids is 1. The summed E-state index contributed by atoms with van der Waals surface area (Å²) in [4.78, 5) is 10.5. The van der Waals surface area contributed by atoms with E-state index < -0.39 is 0 Å². The van der Waals surface area contributed by atoms with Crippen LogP contribution >= 0.6 is 9.24 Å². The highest BCUT2D eigenvalue weighted by molar-refractivity contribution is 7.27. The Labute approximate surface area is 74.1 Å². The summed E-state index contributed by atoms with van der Waals surface area (Å²) in [5, 5.41) is 1.07. The topological polar surface area (TPSA) is 26.3 Å². The van der Waals surface area contributed by atoms with Gasteiger partial charge < -0.3 is 4.74 Å². The molecule has 0 heterocycles. The van der Waals surface area contributed by atoms with Crippen LogP contribution in [0.1, 0.15) is 12.5 Å². The fraction of sp³-hybridized carbons (Fsp3) is 0.222. The van der Waals surface area contributed by atoms with Gasteiger partial charge in [-0.25, -0.2) is 0 Å². The molecule has 2 nitrogen and oxygen atoms in total. The van der Waals surface area contributed by atoms with E-state index in [2.05, 4.69) is 9.24 Å². The average molecular weight is 182 g/mol. The number of ether oxygens (including phenoxy) is 1. The summed E-state index contributed by atoms with van der Waals surface area (Å²) in [5.41, 5.74) is 1.03. The summed E-state index contributed by atoms with van der Waals surface area (Å²) in [6.07, 6.45) is 0. The van der Waals surface area contributed by atoms with Gasteiger partial charge in [-0.2, -0.15) is 0 Å². The van der Waals surface area contributed by atoms with Crippen LogP contribution in [0.5, 0.6) is 0 Å². The standard InChI is InChI=1S/C9H11O2P/c1-7(10)11-6-8-4-2-3-5-9(8)12/h2-5H,6,12H2,1H3. The van der Waals surface area contributed by atoms with Crippen LogP contribution in [0.4, 0.5) is 0 Å². The molecule has 0 fully saturated rings. The highest BCUT2D eigenvalue weighted by Crippen LogP contribution is 2.02. The molecule has 64 valence electrons. The Morgan fingerprint density at radius 3 is 2.75 bits per heavy atom. The van der Waals surface area contributed by atoms with Crippen molar-refractivity contribution in [3.63, 3.8) is 0 Å². The number of hydrogen-bond donors (Lipinski definition) is 0. The van der Waals surface area contributed by atoms with Crippen LogP contribution in [-0.4, -0.2) is 5.97 Å². The maximum Gasteiger partial charge on any atom is 0.302 e. The van der Waals surface area contributed by atoms with Crippen LogP contribution in [0.3, 0.4) is 0 Å². The number of carbonyl (C=O) groups is 1. The minimum atomic E-state index is -0.247. The van der Waals surface area contributed by atoms with Gasteiger partial charge in [0, 0.05) is 6.92 Å². The molecule has 0 radical (unpaired) electrons. The lowest BCUT2D eigenvalue weighted by Gasteiger charge is -2.04. The molecule has 0 aliphatic rings. The van der Waals surface area contributed by atoms with E-state index in [-0.39, 0.29) is 5.97 Å². The highest BCUT2D eigenvalue weighted by atomic mass is 31.0. The molecule has 0 saturated heterocycles. The monoisotopic (exact) mass is 182 g/mol. The molecule has 0 aliphatic heterocycles. The zero-order chi connectivity index (χ0) is 8.97. The van der Waals surface area contributed by atoms with Gasteiger partial charge in [0.15, 0.2) is 0 Å². The van der Waals surface area contributed by atoms with Crippen molar-refractivity contribution in [2.75, 3.05) is 0 Å². The van der Waals surface area contributed by atoms with E-state index >= 15 is 0 Å². The molecule has 1 aromatic rings. The smallest absolute Gasteiger partial charge is 0.302 e. The first-order chi connectivity index (χ1) is 5.70. The predicted octanol–water partition coefficient (Wildman–Crippen LogP) is 1.25. The van der Waals surface area contributed by atoms with Gasteiger partial charge in [-0.05, 0) is 10.9 Å². The lowest BCUT2D eigenvalue weighted by molar-refractivity contribution is -0.142. The van der Waals surface area contributed by atoms with E-state index in [0.717, 1.165) is 10.9 Å². The molecule has 0 bridgehead atoms. The highest BCUT2D eigenvalue weighted by Gasteiger charge is 1.98. The molecule has 1 atom stereocenters. The Hall–Kier alpha value is -0.880. The summed E-state index contributed by atoms with van der Waals surface area (Å²) in [6, 6.07) is 7.76. The van der Waals surface area contributed by atoms with E-state index in [4.69, 9.17) is 4.74 Å². The molecule has 0 saturated carbocycles. The first-order valence-corrected chi connectivity index (χ1v) is 4.24. The Bertz CT molecular complexity index is 284. The molecule has 1 unspecified atom stereocenters. The minimum Gasteiger partial charge on any atom is -0.461 e. The second-order valence-electron chi connectivity index (χ2n) is 2.48. The molecule has 1 rings (SSSR count). The van der Waals surface area contributed by atoms with Crippen molar-refractivity contribution >= 4 is 20.5 Å². The Kier molecular flexibility index (Phi) is 3.24. The van der Waals surface area contributed by atoms with Crippen LogP contribution in [0, 0.1) is 0 Å². The van der Waals surface area contributed by atoms with Gasteiger partial charge >= 0.3 is 5.97 Å². The van der Waals surface area contributed by atoms with Crippen molar-refractivity contribution in [1.29, 1.82) is 0 Å². The summed E-state index contributed by atoms with van der Waals surface area (Å²) >= 11 is 0. The molecule has 12 heavy (non-hydrogen) atoms. The van der Waals surface area contributed by atoms with E-state index in [9.17, 15) is 4.79 Å². The average Bonchev–Trinajstić information content (AvgIpc) is 2.03. The molecule has 0 amide bonds. The van der Waals surface area contributed by atoms with E-state index in [1.807, 2.05) is 24.3 Å². The van der Waals surface area contributed by atoms with Crippen molar-refractivity contribution in [3.8, 4) is 0 Å². The number of benzene rings is 1. The summed E-state index contributed by atoms with van der Waals surface area (Å²) in [5.74, 6) is -0.247. The maximum absolute atomic E-state index is 10.5. The molecule has 0 aliphatic carbocycles. The summed E-state index contributed by atoms with van der Waals surface area (Å²) < 4.78 is 4.86.